The van der Waals surface area contributed by atoms with Crippen molar-refractivity contribution in [2.45, 2.75) is 12.5 Å². The summed E-state index contributed by atoms with van der Waals surface area (Å²) in [6.07, 6.45) is 0.571. The van der Waals surface area contributed by atoms with Crippen molar-refractivity contribution in [1.29, 1.82) is 0 Å². The summed E-state index contributed by atoms with van der Waals surface area (Å²) in [7, 11) is 1.65. The van der Waals surface area contributed by atoms with Crippen LogP contribution >= 0.6 is 0 Å². The first-order chi connectivity index (χ1) is 9.29. The Labute approximate surface area is 112 Å². The van der Waals surface area contributed by atoms with E-state index in [2.05, 4.69) is 0 Å². The van der Waals surface area contributed by atoms with Crippen LogP contribution < -0.4 is 9.64 Å². The van der Waals surface area contributed by atoms with Gasteiger partial charge in [-0.3, -0.25) is 4.79 Å². The predicted octanol–water partition coefficient (Wildman–Crippen LogP) is 3.17. The Morgan fingerprint density at radius 3 is 2.32 bits per heavy atom. The van der Waals surface area contributed by atoms with E-state index in [9.17, 15) is 4.79 Å². The van der Waals surface area contributed by atoms with Gasteiger partial charge < -0.3 is 9.64 Å². The molecule has 1 aliphatic heterocycles. The third kappa shape index (κ3) is 2.08. The van der Waals surface area contributed by atoms with Crippen molar-refractivity contribution in [1.82, 2.24) is 0 Å². The third-order valence-corrected chi connectivity index (χ3v) is 3.48. The molecule has 0 saturated carbocycles. The highest BCUT2D eigenvalue weighted by Gasteiger charge is 2.37. The minimum Gasteiger partial charge on any atom is -0.497 e. The monoisotopic (exact) mass is 253 g/mol. The molecule has 0 aliphatic carbocycles. The Kier molecular flexibility index (Phi) is 2.95. The number of hydrogen-bond acceptors (Lipinski definition) is 2. The number of nitrogens with zero attached hydrogens (tertiary/aromatic N) is 1. The largest absolute Gasteiger partial charge is 0.497 e. The molecule has 1 aliphatic rings. The summed E-state index contributed by atoms with van der Waals surface area (Å²) >= 11 is 0. The molecule has 2 aromatic carbocycles. The van der Waals surface area contributed by atoms with Crippen LogP contribution in [0.25, 0.3) is 0 Å². The number of β-lactam (4-membered cyclic amide) rings is 1. The van der Waals surface area contributed by atoms with Crippen LogP contribution in [0.3, 0.4) is 0 Å². The average molecular weight is 253 g/mol. The van der Waals surface area contributed by atoms with Gasteiger partial charge >= 0.3 is 0 Å². The van der Waals surface area contributed by atoms with Crippen LogP contribution in [0.5, 0.6) is 5.75 Å². The molecule has 2 aromatic rings. The van der Waals surface area contributed by atoms with E-state index in [1.165, 1.54) is 0 Å². The number of carbonyl (C=O) groups excluding carboxylic acids is 1. The van der Waals surface area contributed by atoms with Crippen LogP contribution in [0.15, 0.2) is 54.6 Å². The van der Waals surface area contributed by atoms with Gasteiger partial charge in [-0.25, -0.2) is 0 Å². The van der Waals surface area contributed by atoms with E-state index in [0.29, 0.717) is 6.42 Å². The molecule has 1 saturated heterocycles. The standard InChI is InChI=1S/C16H15NO2/c1-19-14-9-7-12(8-10-14)15-11-16(18)17(15)13-5-3-2-4-6-13/h2-10,15H,11H2,1H3. The topological polar surface area (TPSA) is 29.5 Å². The van der Waals surface area contributed by atoms with Crippen molar-refractivity contribution in [3.8, 4) is 5.75 Å². The van der Waals surface area contributed by atoms with Gasteiger partial charge in [-0.05, 0) is 29.8 Å². The van der Waals surface area contributed by atoms with Gasteiger partial charge in [-0.2, -0.15) is 0 Å². The average Bonchev–Trinajstić information content (AvgIpc) is 2.46. The molecule has 3 rings (SSSR count). The van der Waals surface area contributed by atoms with E-state index in [4.69, 9.17) is 4.74 Å². The number of methoxy groups -OCH3 is 1. The molecule has 3 nitrogen and oxygen atoms in total. The van der Waals surface area contributed by atoms with Gasteiger partial charge in [0.2, 0.25) is 5.91 Å². The van der Waals surface area contributed by atoms with Crippen LogP contribution in [0.2, 0.25) is 0 Å². The lowest BCUT2D eigenvalue weighted by Gasteiger charge is -2.40. The minimum atomic E-state index is 0.140. The molecule has 0 radical (unpaired) electrons. The number of rotatable bonds is 3. The van der Waals surface area contributed by atoms with Crippen LogP contribution in [-0.4, -0.2) is 13.0 Å². The van der Waals surface area contributed by atoms with Gasteiger partial charge in [-0.15, -0.1) is 0 Å². The Bertz CT molecular complexity index is 577. The van der Waals surface area contributed by atoms with Crippen molar-refractivity contribution >= 4 is 11.6 Å². The van der Waals surface area contributed by atoms with Gasteiger partial charge in [0.1, 0.15) is 5.75 Å². The fourth-order valence-electron chi connectivity index (χ4n) is 2.42. The number of para-hydroxylation sites is 1. The first-order valence-electron chi connectivity index (χ1n) is 6.30. The van der Waals surface area contributed by atoms with Crippen molar-refractivity contribution < 1.29 is 9.53 Å². The molecule has 0 spiro atoms. The molecule has 0 N–H and O–H groups in total. The predicted molar refractivity (Wildman–Crippen MR) is 74.3 cm³/mol. The van der Waals surface area contributed by atoms with E-state index in [1.54, 1.807) is 7.11 Å². The van der Waals surface area contributed by atoms with Gasteiger partial charge in [0.05, 0.1) is 19.6 Å². The fourth-order valence-corrected chi connectivity index (χ4v) is 2.42. The van der Waals surface area contributed by atoms with Crippen LogP contribution in [-0.2, 0) is 4.79 Å². The highest BCUT2D eigenvalue weighted by molar-refractivity contribution is 6.01. The lowest BCUT2D eigenvalue weighted by Crippen LogP contribution is -2.46. The number of benzene rings is 2. The SMILES string of the molecule is COc1ccc(C2CC(=O)N2c2ccccc2)cc1. The summed E-state index contributed by atoms with van der Waals surface area (Å²) in [6.45, 7) is 0. The van der Waals surface area contributed by atoms with Crippen molar-refractivity contribution in [2.24, 2.45) is 0 Å². The van der Waals surface area contributed by atoms with Gasteiger partial charge in [0, 0.05) is 5.69 Å². The molecule has 0 aromatic heterocycles. The molecular weight excluding hydrogens is 238 g/mol. The zero-order chi connectivity index (χ0) is 13.2. The Morgan fingerprint density at radius 1 is 1.05 bits per heavy atom. The molecular formula is C16H15NO2. The summed E-state index contributed by atoms with van der Waals surface area (Å²) < 4.78 is 5.15. The maximum atomic E-state index is 11.8. The van der Waals surface area contributed by atoms with Crippen molar-refractivity contribution in [3.63, 3.8) is 0 Å². The second kappa shape index (κ2) is 4.76. The van der Waals surface area contributed by atoms with Crippen LogP contribution in [0, 0.1) is 0 Å². The number of amides is 1. The van der Waals surface area contributed by atoms with Gasteiger partial charge in [-0.1, -0.05) is 30.3 Å². The molecule has 3 heteroatoms. The van der Waals surface area contributed by atoms with Gasteiger partial charge in [0.15, 0.2) is 0 Å². The van der Waals surface area contributed by atoms with E-state index < -0.39 is 0 Å². The second-order valence-corrected chi connectivity index (χ2v) is 4.59. The molecule has 1 unspecified atom stereocenters. The molecule has 1 fully saturated rings. The summed E-state index contributed by atoms with van der Waals surface area (Å²) in [5.41, 5.74) is 2.10. The zero-order valence-corrected chi connectivity index (χ0v) is 10.7. The first kappa shape index (κ1) is 11.8. The normalized spacial score (nSPS) is 18.1. The Morgan fingerprint density at radius 2 is 1.74 bits per heavy atom. The van der Waals surface area contributed by atoms with E-state index in [-0.39, 0.29) is 11.9 Å². The van der Waals surface area contributed by atoms with Crippen molar-refractivity contribution in [3.05, 3.63) is 60.2 Å². The summed E-state index contributed by atoms with van der Waals surface area (Å²) in [4.78, 5) is 13.7. The summed E-state index contributed by atoms with van der Waals surface area (Å²) in [6, 6.07) is 17.8. The molecule has 19 heavy (non-hydrogen) atoms. The maximum absolute atomic E-state index is 11.8. The molecule has 0 bridgehead atoms. The number of hydrogen-bond donors (Lipinski definition) is 0. The zero-order valence-electron chi connectivity index (χ0n) is 10.7. The quantitative estimate of drug-likeness (QED) is 0.786. The number of carbonyl (C=O) groups is 1. The van der Waals surface area contributed by atoms with E-state index >= 15 is 0 Å². The van der Waals surface area contributed by atoms with E-state index in [0.717, 1.165) is 17.0 Å². The van der Waals surface area contributed by atoms with Crippen LogP contribution in [0.1, 0.15) is 18.0 Å². The molecule has 96 valence electrons. The van der Waals surface area contributed by atoms with Crippen LogP contribution in [0.4, 0.5) is 5.69 Å². The lowest BCUT2D eigenvalue weighted by molar-refractivity contribution is -0.124. The molecule has 1 atom stereocenters. The smallest absolute Gasteiger partial charge is 0.230 e. The first-order valence-corrected chi connectivity index (χ1v) is 6.30. The minimum absolute atomic E-state index is 0.140. The van der Waals surface area contributed by atoms with E-state index in [1.807, 2.05) is 59.5 Å². The fraction of sp³-hybridized carbons (Fsp3) is 0.188. The Balaban J connectivity index is 1.87. The third-order valence-electron chi connectivity index (χ3n) is 3.48. The molecule has 1 amide bonds. The summed E-state index contributed by atoms with van der Waals surface area (Å²) in [5.74, 6) is 1.01. The summed E-state index contributed by atoms with van der Waals surface area (Å²) in [5, 5.41) is 0. The highest BCUT2D eigenvalue weighted by atomic mass is 16.5. The number of ether oxygens (including phenoxy) is 1. The lowest BCUT2D eigenvalue weighted by atomic mass is 9.93. The number of anilines is 1. The Hall–Kier alpha value is -2.29. The second-order valence-electron chi connectivity index (χ2n) is 4.59. The van der Waals surface area contributed by atoms with Crippen molar-refractivity contribution in [2.75, 3.05) is 12.0 Å². The highest BCUT2D eigenvalue weighted by Crippen LogP contribution is 2.38. The molecule has 1 heterocycles. The van der Waals surface area contributed by atoms with Gasteiger partial charge in [0.25, 0.3) is 0 Å². The maximum Gasteiger partial charge on any atom is 0.230 e.